The summed E-state index contributed by atoms with van der Waals surface area (Å²) in [5.41, 5.74) is 1.80. The molecule has 0 aliphatic carbocycles. The lowest BCUT2D eigenvalue weighted by atomic mass is 10.2. The van der Waals surface area contributed by atoms with Gasteiger partial charge in [0.2, 0.25) is 11.8 Å². The van der Waals surface area contributed by atoms with Crippen molar-refractivity contribution in [3.05, 3.63) is 118 Å². The lowest BCUT2D eigenvalue weighted by Crippen LogP contribution is -2.55. The van der Waals surface area contributed by atoms with Crippen LogP contribution in [0.3, 0.4) is 0 Å². The zero-order valence-electron chi connectivity index (χ0n) is 26.3. The second-order valence-corrected chi connectivity index (χ2v) is 15.9. The molecule has 1 aliphatic rings. The van der Waals surface area contributed by atoms with Crippen LogP contribution in [0.4, 0.5) is 11.4 Å². The van der Waals surface area contributed by atoms with Gasteiger partial charge in [0, 0.05) is 36.2 Å². The van der Waals surface area contributed by atoms with Crippen LogP contribution in [0, 0.1) is 13.8 Å². The van der Waals surface area contributed by atoms with Crippen LogP contribution in [-0.2, 0) is 29.6 Å². The normalized spacial score (nSPS) is 13.7. The van der Waals surface area contributed by atoms with Crippen molar-refractivity contribution in [2.75, 3.05) is 47.9 Å². The summed E-state index contributed by atoms with van der Waals surface area (Å²) in [6, 6.07) is 25.3. The first-order valence-corrected chi connectivity index (χ1v) is 18.7. The molecule has 1 fully saturated rings. The Hall–Kier alpha value is -4.10. The number of amides is 2. The SMILES string of the molecule is Cc1cc(Cl)ccc1N(CC(=O)N1CCN(C(=O)CN(c2ccc(Cl)cc2C)S(=O)(=O)c2ccccc2)CC1)S(=O)(=O)c1ccccc1. The zero-order chi connectivity index (χ0) is 34.6. The topological polar surface area (TPSA) is 115 Å². The molecule has 0 N–H and O–H groups in total. The number of hydrogen-bond acceptors (Lipinski definition) is 6. The van der Waals surface area contributed by atoms with Crippen LogP contribution < -0.4 is 8.61 Å². The van der Waals surface area contributed by atoms with Crippen molar-refractivity contribution in [2.45, 2.75) is 23.6 Å². The smallest absolute Gasteiger partial charge is 0.264 e. The second-order valence-electron chi connectivity index (χ2n) is 11.3. The molecule has 5 rings (SSSR count). The first-order valence-electron chi connectivity index (χ1n) is 15.0. The fourth-order valence-corrected chi connectivity index (χ4v) is 8.94. The van der Waals surface area contributed by atoms with Crippen molar-refractivity contribution >= 4 is 66.4 Å². The molecule has 0 bridgehead atoms. The molecular weight excluding hydrogens is 695 g/mol. The molecule has 4 aromatic rings. The Balaban J connectivity index is 1.33. The van der Waals surface area contributed by atoms with Crippen molar-refractivity contribution in [1.82, 2.24) is 9.80 Å². The maximum absolute atomic E-state index is 13.8. The predicted octanol–water partition coefficient (Wildman–Crippen LogP) is 5.37. The summed E-state index contributed by atoms with van der Waals surface area (Å²) in [5, 5.41) is 0.864. The fraction of sp³-hybridized carbons (Fsp3) is 0.235. The van der Waals surface area contributed by atoms with Gasteiger partial charge >= 0.3 is 0 Å². The van der Waals surface area contributed by atoms with E-state index in [4.69, 9.17) is 23.2 Å². The van der Waals surface area contributed by atoms with Gasteiger partial charge in [-0.3, -0.25) is 18.2 Å². The summed E-state index contributed by atoms with van der Waals surface area (Å²) < 4.78 is 57.3. The number of anilines is 2. The van der Waals surface area contributed by atoms with Crippen molar-refractivity contribution in [1.29, 1.82) is 0 Å². The summed E-state index contributed by atoms with van der Waals surface area (Å²) in [4.78, 5) is 30.3. The summed E-state index contributed by atoms with van der Waals surface area (Å²) >= 11 is 12.3. The Morgan fingerprint density at radius 1 is 0.583 bits per heavy atom. The molecule has 0 saturated carbocycles. The number of aryl methyl sites for hydroxylation is 2. The third-order valence-corrected chi connectivity index (χ3v) is 12.1. The Morgan fingerprint density at radius 2 is 0.917 bits per heavy atom. The molecule has 0 aromatic heterocycles. The Bertz CT molecular complexity index is 1880. The number of nitrogens with zero attached hydrogens (tertiary/aromatic N) is 4. The maximum atomic E-state index is 13.8. The van der Waals surface area contributed by atoms with Crippen LogP contribution in [0.25, 0.3) is 0 Å². The van der Waals surface area contributed by atoms with E-state index < -0.39 is 45.0 Å². The first-order chi connectivity index (χ1) is 22.8. The Kier molecular flexibility index (Phi) is 10.7. The Morgan fingerprint density at radius 3 is 1.23 bits per heavy atom. The highest BCUT2D eigenvalue weighted by molar-refractivity contribution is 7.93. The molecule has 48 heavy (non-hydrogen) atoms. The van der Waals surface area contributed by atoms with Crippen molar-refractivity contribution in [3.63, 3.8) is 0 Å². The van der Waals surface area contributed by atoms with Crippen molar-refractivity contribution in [2.24, 2.45) is 0 Å². The van der Waals surface area contributed by atoms with Gasteiger partial charge in [0.15, 0.2) is 0 Å². The van der Waals surface area contributed by atoms with E-state index in [9.17, 15) is 26.4 Å². The van der Waals surface area contributed by atoms with E-state index in [1.165, 1.54) is 34.1 Å². The third-order valence-electron chi connectivity index (χ3n) is 8.06. The van der Waals surface area contributed by atoms with Crippen LogP contribution >= 0.6 is 23.2 Å². The highest BCUT2D eigenvalue weighted by Gasteiger charge is 2.34. The molecule has 14 heteroatoms. The summed E-state index contributed by atoms with van der Waals surface area (Å²) in [7, 11) is -8.25. The van der Waals surface area contributed by atoms with Gasteiger partial charge in [-0.15, -0.1) is 0 Å². The van der Waals surface area contributed by atoms with E-state index in [-0.39, 0.29) is 36.0 Å². The highest BCUT2D eigenvalue weighted by atomic mass is 35.5. The number of sulfonamides is 2. The predicted molar refractivity (Wildman–Crippen MR) is 187 cm³/mol. The van der Waals surface area contributed by atoms with Crippen molar-refractivity contribution < 1.29 is 26.4 Å². The number of halogens is 2. The number of carbonyl (C=O) groups excluding carboxylic acids is 2. The van der Waals surface area contributed by atoms with Gasteiger partial charge in [-0.25, -0.2) is 16.8 Å². The van der Waals surface area contributed by atoms with Gasteiger partial charge in [-0.1, -0.05) is 59.6 Å². The van der Waals surface area contributed by atoms with E-state index >= 15 is 0 Å². The average molecular weight is 730 g/mol. The number of rotatable bonds is 10. The molecule has 0 spiro atoms. The molecule has 1 heterocycles. The number of carbonyl (C=O) groups is 2. The van der Waals surface area contributed by atoms with Gasteiger partial charge in [0.05, 0.1) is 21.2 Å². The molecule has 0 radical (unpaired) electrons. The van der Waals surface area contributed by atoms with E-state index in [0.29, 0.717) is 32.5 Å². The molecule has 10 nitrogen and oxygen atoms in total. The van der Waals surface area contributed by atoms with Crippen LogP contribution in [0.1, 0.15) is 11.1 Å². The number of hydrogen-bond donors (Lipinski definition) is 0. The quantitative estimate of drug-likeness (QED) is 0.217. The molecular formula is C34H34Cl2N4O6S2. The average Bonchev–Trinajstić information content (AvgIpc) is 3.07. The largest absolute Gasteiger partial charge is 0.338 e. The molecule has 252 valence electrons. The second kappa shape index (κ2) is 14.6. The fourth-order valence-electron chi connectivity index (χ4n) is 5.49. The monoisotopic (exact) mass is 728 g/mol. The van der Waals surface area contributed by atoms with Gasteiger partial charge in [0.25, 0.3) is 20.0 Å². The van der Waals surface area contributed by atoms with Gasteiger partial charge in [0.1, 0.15) is 13.1 Å². The molecule has 0 unspecified atom stereocenters. The zero-order valence-corrected chi connectivity index (χ0v) is 29.4. The number of benzene rings is 4. The third kappa shape index (κ3) is 7.62. The van der Waals surface area contributed by atoms with E-state index in [0.717, 1.165) is 8.61 Å². The number of piperazine rings is 1. The van der Waals surface area contributed by atoms with Gasteiger partial charge < -0.3 is 9.80 Å². The van der Waals surface area contributed by atoms with Crippen LogP contribution in [0.15, 0.2) is 107 Å². The van der Waals surface area contributed by atoms with Gasteiger partial charge in [-0.2, -0.15) is 0 Å². The Labute approximate surface area is 291 Å². The van der Waals surface area contributed by atoms with Crippen LogP contribution in [-0.4, -0.2) is 77.7 Å². The molecule has 1 saturated heterocycles. The van der Waals surface area contributed by atoms with Crippen LogP contribution in [0.2, 0.25) is 10.0 Å². The first kappa shape index (κ1) is 35.2. The molecule has 2 amide bonds. The summed E-state index contributed by atoms with van der Waals surface area (Å²) in [6.07, 6.45) is 0. The highest BCUT2D eigenvalue weighted by Crippen LogP contribution is 2.31. The van der Waals surface area contributed by atoms with E-state index in [2.05, 4.69) is 0 Å². The van der Waals surface area contributed by atoms with E-state index in [1.807, 2.05) is 0 Å². The lowest BCUT2D eigenvalue weighted by molar-refractivity contribution is -0.137. The lowest BCUT2D eigenvalue weighted by Gasteiger charge is -2.37. The minimum absolute atomic E-state index is 0.0356. The minimum atomic E-state index is -4.12. The van der Waals surface area contributed by atoms with Gasteiger partial charge in [-0.05, 0) is 85.6 Å². The maximum Gasteiger partial charge on any atom is 0.264 e. The van der Waals surface area contributed by atoms with Crippen molar-refractivity contribution in [3.8, 4) is 0 Å². The summed E-state index contributed by atoms with van der Waals surface area (Å²) in [6.45, 7) is 3.04. The van der Waals surface area contributed by atoms with E-state index in [1.54, 1.807) is 86.6 Å². The summed E-state index contributed by atoms with van der Waals surface area (Å²) in [5.74, 6) is -0.887. The molecule has 0 atom stereocenters. The minimum Gasteiger partial charge on any atom is -0.338 e. The van der Waals surface area contributed by atoms with Crippen LogP contribution in [0.5, 0.6) is 0 Å². The molecule has 4 aromatic carbocycles. The molecule has 1 aliphatic heterocycles. The standard InChI is InChI=1S/C34H34Cl2N4O6S2/c1-25-21-27(35)13-15-31(25)39(47(43,44)29-9-5-3-6-10-29)23-33(41)37-17-19-38(20-18-37)34(42)24-40(32-16-14-28(36)22-26(32)2)48(45,46)30-11-7-4-8-12-30/h3-16,21-22H,17-20,23-24H2,1-2H3.